The zero-order valence-corrected chi connectivity index (χ0v) is 12.1. The van der Waals surface area contributed by atoms with Crippen LogP contribution in [0.15, 0.2) is 23.1 Å². The van der Waals surface area contributed by atoms with Gasteiger partial charge in [0.1, 0.15) is 18.4 Å². The van der Waals surface area contributed by atoms with E-state index in [1.807, 2.05) is 6.07 Å². The molecule has 1 saturated carbocycles. The summed E-state index contributed by atoms with van der Waals surface area (Å²) < 4.78 is 39.7. The molecule has 0 unspecified atom stereocenters. The second-order valence-electron chi connectivity index (χ2n) is 4.90. The number of nitrogens with zero attached hydrogens (tertiary/aromatic N) is 3. The van der Waals surface area contributed by atoms with Crippen molar-refractivity contribution in [2.75, 3.05) is 6.54 Å². The highest BCUT2D eigenvalue weighted by atomic mass is 32.2. The SMILES string of the molecule is N#CCN(C1CCCC1)S(=O)(=O)c1ccc(F)c(C#N)c1. The molecule has 110 valence electrons. The lowest BCUT2D eigenvalue weighted by Crippen LogP contribution is -2.39. The van der Waals surface area contributed by atoms with Gasteiger partial charge in [0.2, 0.25) is 10.0 Å². The minimum atomic E-state index is -3.90. The summed E-state index contributed by atoms with van der Waals surface area (Å²) in [7, 11) is -3.90. The predicted octanol–water partition coefficient (Wildman–Crippen LogP) is 2.15. The molecule has 7 heteroatoms. The van der Waals surface area contributed by atoms with Gasteiger partial charge in [-0.15, -0.1) is 0 Å². The van der Waals surface area contributed by atoms with Crippen molar-refractivity contribution in [3.05, 3.63) is 29.6 Å². The first kappa shape index (κ1) is 15.4. The Balaban J connectivity index is 2.43. The van der Waals surface area contributed by atoms with Crippen LogP contribution < -0.4 is 0 Å². The van der Waals surface area contributed by atoms with E-state index in [2.05, 4.69) is 0 Å². The molecule has 1 aliphatic rings. The van der Waals surface area contributed by atoms with Crippen molar-refractivity contribution in [3.8, 4) is 12.1 Å². The summed E-state index contributed by atoms with van der Waals surface area (Å²) in [6, 6.07) is 6.40. The van der Waals surface area contributed by atoms with E-state index in [1.54, 1.807) is 6.07 Å². The number of benzene rings is 1. The number of hydrogen-bond acceptors (Lipinski definition) is 4. The fourth-order valence-corrected chi connectivity index (χ4v) is 4.17. The maximum Gasteiger partial charge on any atom is 0.244 e. The van der Waals surface area contributed by atoms with Gasteiger partial charge in [-0.1, -0.05) is 12.8 Å². The van der Waals surface area contributed by atoms with Crippen molar-refractivity contribution in [2.45, 2.75) is 36.6 Å². The van der Waals surface area contributed by atoms with Crippen LogP contribution in [0.5, 0.6) is 0 Å². The molecule has 1 aromatic rings. The zero-order chi connectivity index (χ0) is 15.5. The maximum atomic E-state index is 13.3. The summed E-state index contributed by atoms with van der Waals surface area (Å²) >= 11 is 0. The highest BCUT2D eigenvalue weighted by Crippen LogP contribution is 2.28. The third-order valence-electron chi connectivity index (χ3n) is 3.62. The van der Waals surface area contributed by atoms with Gasteiger partial charge in [-0.2, -0.15) is 14.8 Å². The monoisotopic (exact) mass is 307 g/mol. The van der Waals surface area contributed by atoms with Gasteiger partial charge in [0.05, 0.1) is 16.5 Å². The molecule has 0 atom stereocenters. The molecule has 0 radical (unpaired) electrons. The van der Waals surface area contributed by atoms with Crippen molar-refractivity contribution >= 4 is 10.0 Å². The summed E-state index contributed by atoms with van der Waals surface area (Å²) in [6.45, 7) is -0.244. The second-order valence-corrected chi connectivity index (χ2v) is 6.79. The minimum absolute atomic E-state index is 0.150. The molecule has 0 bridgehead atoms. The Hall–Kier alpha value is -1.96. The van der Waals surface area contributed by atoms with Crippen molar-refractivity contribution in [2.24, 2.45) is 0 Å². The Kier molecular flexibility index (Phi) is 4.56. The highest BCUT2D eigenvalue weighted by Gasteiger charge is 2.33. The van der Waals surface area contributed by atoms with E-state index >= 15 is 0 Å². The molecule has 1 fully saturated rings. The van der Waals surface area contributed by atoms with E-state index in [0.29, 0.717) is 12.8 Å². The van der Waals surface area contributed by atoms with Crippen LogP contribution in [0.3, 0.4) is 0 Å². The molecule has 0 amide bonds. The molecule has 0 N–H and O–H groups in total. The van der Waals surface area contributed by atoms with Gasteiger partial charge in [0.15, 0.2) is 0 Å². The topological polar surface area (TPSA) is 85.0 Å². The molecular formula is C14H14FN3O2S. The van der Waals surface area contributed by atoms with E-state index < -0.39 is 15.8 Å². The quantitative estimate of drug-likeness (QED) is 0.798. The van der Waals surface area contributed by atoms with Crippen molar-refractivity contribution in [3.63, 3.8) is 0 Å². The Labute approximate surface area is 123 Å². The molecule has 5 nitrogen and oxygen atoms in total. The molecule has 0 aliphatic heterocycles. The molecule has 0 saturated heterocycles. The molecule has 1 aromatic carbocycles. The molecule has 0 heterocycles. The molecule has 21 heavy (non-hydrogen) atoms. The van der Waals surface area contributed by atoms with Gasteiger partial charge >= 0.3 is 0 Å². The van der Waals surface area contributed by atoms with Gasteiger partial charge in [0, 0.05) is 6.04 Å². The van der Waals surface area contributed by atoms with Gasteiger partial charge in [-0.25, -0.2) is 12.8 Å². The largest absolute Gasteiger partial charge is 0.244 e. The van der Waals surface area contributed by atoms with Crippen LogP contribution in [0.4, 0.5) is 4.39 Å². The average molecular weight is 307 g/mol. The minimum Gasteiger partial charge on any atom is -0.207 e. The number of hydrogen-bond donors (Lipinski definition) is 0. The number of rotatable bonds is 4. The third kappa shape index (κ3) is 3.05. The summed E-state index contributed by atoms with van der Waals surface area (Å²) in [4.78, 5) is -0.150. The van der Waals surface area contributed by atoms with E-state index in [4.69, 9.17) is 10.5 Å². The Morgan fingerprint density at radius 2 is 1.95 bits per heavy atom. The smallest absolute Gasteiger partial charge is 0.207 e. The molecule has 0 aromatic heterocycles. The molecule has 2 rings (SSSR count). The van der Waals surface area contributed by atoms with Crippen LogP contribution in [0.1, 0.15) is 31.2 Å². The lowest BCUT2D eigenvalue weighted by atomic mass is 10.2. The third-order valence-corrected chi connectivity index (χ3v) is 5.52. The van der Waals surface area contributed by atoms with Crippen LogP contribution in [-0.4, -0.2) is 25.3 Å². The van der Waals surface area contributed by atoms with E-state index in [-0.39, 0.29) is 23.0 Å². The first-order valence-corrected chi connectivity index (χ1v) is 8.03. The predicted molar refractivity (Wildman–Crippen MR) is 72.9 cm³/mol. The Morgan fingerprint density at radius 3 is 2.52 bits per heavy atom. The van der Waals surface area contributed by atoms with Crippen LogP contribution >= 0.6 is 0 Å². The second kappa shape index (κ2) is 6.21. The lowest BCUT2D eigenvalue weighted by Gasteiger charge is -2.25. The number of sulfonamides is 1. The van der Waals surface area contributed by atoms with E-state index in [9.17, 15) is 12.8 Å². The van der Waals surface area contributed by atoms with Gasteiger partial charge in [0.25, 0.3) is 0 Å². The van der Waals surface area contributed by atoms with Gasteiger partial charge < -0.3 is 0 Å². The van der Waals surface area contributed by atoms with Crippen LogP contribution in [0, 0.1) is 28.5 Å². The lowest BCUT2D eigenvalue weighted by molar-refractivity contribution is 0.350. The standard InChI is InChI=1S/C14H14FN3O2S/c15-14-6-5-13(9-11(14)10-17)21(19,20)18(8-7-16)12-3-1-2-4-12/h5-6,9,12H,1-4,8H2. The van der Waals surface area contributed by atoms with Crippen molar-refractivity contribution in [1.82, 2.24) is 4.31 Å². The number of nitriles is 2. The summed E-state index contributed by atoms with van der Waals surface area (Å²) in [5.41, 5.74) is -0.320. The molecular weight excluding hydrogens is 293 g/mol. The zero-order valence-electron chi connectivity index (χ0n) is 11.3. The van der Waals surface area contributed by atoms with E-state index in [1.165, 1.54) is 0 Å². The fourth-order valence-electron chi connectivity index (χ4n) is 2.56. The van der Waals surface area contributed by atoms with Crippen molar-refractivity contribution in [1.29, 1.82) is 10.5 Å². The fraction of sp³-hybridized carbons (Fsp3) is 0.429. The Bertz CT molecular complexity index is 713. The maximum absolute atomic E-state index is 13.3. The van der Waals surface area contributed by atoms with Gasteiger partial charge in [-0.3, -0.25) is 0 Å². The first-order valence-electron chi connectivity index (χ1n) is 6.59. The van der Waals surface area contributed by atoms with E-state index in [0.717, 1.165) is 35.3 Å². The normalized spacial score (nSPS) is 15.8. The summed E-state index contributed by atoms with van der Waals surface area (Å²) in [5, 5.41) is 17.7. The highest BCUT2D eigenvalue weighted by molar-refractivity contribution is 7.89. The van der Waals surface area contributed by atoms with Crippen LogP contribution in [-0.2, 0) is 10.0 Å². The van der Waals surface area contributed by atoms with Crippen LogP contribution in [0.2, 0.25) is 0 Å². The summed E-state index contributed by atoms with van der Waals surface area (Å²) in [6.07, 6.45) is 3.28. The first-order chi connectivity index (χ1) is 10.0. The van der Waals surface area contributed by atoms with Crippen molar-refractivity contribution < 1.29 is 12.8 Å². The molecule has 1 aliphatic carbocycles. The summed E-state index contributed by atoms with van der Waals surface area (Å²) in [5.74, 6) is -0.760. The molecule has 0 spiro atoms. The average Bonchev–Trinajstić information content (AvgIpc) is 2.98. The van der Waals surface area contributed by atoms with Gasteiger partial charge in [-0.05, 0) is 31.0 Å². The number of halogens is 1. The van der Waals surface area contributed by atoms with Crippen LogP contribution in [0.25, 0.3) is 0 Å². The Morgan fingerprint density at radius 1 is 1.29 bits per heavy atom.